The van der Waals surface area contributed by atoms with Crippen LogP contribution in [0.15, 0.2) is 36.7 Å². The summed E-state index contributed by atoms with van der Waals surface area (Å²) in [7, 11) is 0. The smallest absolute Gasteiger partial charge is 0.306 e. The van der Waals surface area contributed by atoms with E-state index in [1.54, 1.807) is 24.3 Å². The lowest BCUT2D eigenvalue weighted by molar-refractivity contribution is -0.385. The molecule has 0 fully saturated rings. The average molecular weight is 268 g/mol. The summed E-state index contributed by atoms with van der Waals surface area (Å²) >= 11 is 5.81. The second kappa shape index (κ2) is 5.16. The van der Waals surface area contributed by atoms with Gasteiger partial charge in [-0.15, -0.1) is 0 Å². The van der Waals surface area contributed by atoms with E-state index in [1.807, 2.05) is 0 Å². The zero-order valence-corrected chi connectivity index (χ0v) is 9.99. The van der Waals surface area contributed by atoms with Gasteiger partial charge >= 0.3 is 5.69 Å². The van der Waals surface area contributed by atoms with Gasteiger partial charge in [0.25, 0.3) is 0 Å². The third kappa shape index (κ3) is 2.85. The van der Waals surface area contributed by atoms with Gasteiger partial charge in [0.2, 0.25) is 0 Å². The fourth-order valence-electron chi connectivity index (χ4n) is 1.54. The molecule has 0 aliphatic carbocycles. The molecule has 18 heavy (non-hydrogen) atoms. The molecule has 1 aromatic heterocycles. The molecule has 1 aromatic carbocycles. The van der Waals surface area contributed by atoms with E-state index in [-0.39, 0.29) is 12.2 Å². The summed E-state index contributed by atoms with van der Waals surface area (Å²) < 4.78 is 1.32. The van der Waals surface area contributed by atoms with Crippen LogP contribution in [0.5, 0.6) is 0 Å². The van der Waals surface area contributed by atoms with Crippen molar-refractivity contribution in [3.63, 3.8) is 0 Å². The van der Waals surface area contributed by atoms with Crippen LogP contribution in [-0.2, 0) is 6.54 Å². The Labute approximate surface area is 108 Å². The number of aliphatic hydroxyl groups is 1. The number of rotatable bonds is 4. The summed E-state index contributed by atoms with van der Waals surface area (Å²) in [4.78, 5) is 9.95. The Hall–Kier alpha value is -1.92. The molecule has 6 nitrogen and oxygen atoms in total. The number of aromatic nitrogens is 2. The highest BCUT2D eigenvalue weighted by Crippen LogP contribution is 2.19. The van der Waals surface area contributed by atoms with Crippen molar-refractivity contribution >= 4 is 17.3 Å². The molecule has 2 aromatic rings. The minimum absolute atomic E-state index is 0.103. The Balaban J connectivity index is 2.11. The first-order valence-corrected chi connectivity index (χ1v) is 5.54. The van der Waals surface area contributed by atoms with Crippen LogP contribution in [0.25, 0.3) is 0 Å². The van der Waals surface area contributed by atoms with E-state index >= 15 is 0 Å². The highest BCUT2D eigenvalue weighted by molar-refractivity contribution is 6.30. The van der Waals surface area contributed by atoms with Crippen LogP contribution in [-0.4, -0.2) is 19.8 Å². The minimum Gasteiger partial charge on any atom is -0.386 e. The second-order valence-electron chi connectivity index (χ2n) is 3.75. The summed E-state index contributed by atoms with van der Waals surface area (Å²) in [5.74, 6) is 0. The molecule has 0 radical (unpaired) electrons. The summed E-state index contributed by atoms with van der Waals surface area (Å²) in [5, 5.41) is 24.8. The lowest BCUT2D eigenvalue weighted by Crippen LogP contribution is -2.09. The van der Waals surface area contributed by atoms with Crippen LogP contribution in [0.3, 0.4) is 0 Å². The summed E-state index contributed by atoms with van der Waals surface area (Å²) in [5.41, 5.74) is 0.536. The SMILES string of the molecule is O=[N+]([O-])c1cnn(C[C@@H](O)c2cccc(Cl)c2)c1. The normalized spacial score (nSPS) is 12.3. The molecule has 2 rings (SSSR count). The quantitative estimate of drug-likeness (QED) is 0.680. The molecular weight excluding hydrogens is 258 g/mol. The van der Waals surface area contributed by atoms with E-state index in [0.29, 0.717) is 10.6 Å². The van der Waals surface area contributed by atoms with Crippen molar-refractivity contribution in [2.24, 2.45) is 0 Å². The van der Waals surface area contributed by atoms with E-state index in [2.05, 4.69) is 5.10 Å². The first kappa shape index (κ1) is 12.5. The zero-order chi connectivity index (χ0) is 13.1. The lowest BCUT2D eigenvalue weighted by Gasteiger charge is -2.10. The van der Waals surface area contributed by atoms with E-state index in [9.17, 15) is 15.2 Å². The number of halogens is 1. The molecule has 1 atom stereocenters. The highest BCUT2D eigenvalue weighted by Gasteiger charge is 2.13. The molecule has 0 aliphatic heterocycles. The number of hydrogen-bond donors (Lipinski definition) is 1. The standard InChI is InChI=1S/C11H10ClN3O3/c12-9-3-1-2-8(4-9)11(16)7-14-6-10(5-13-14)15(17)18/h1-6,11,16H,7H2/t11-/m1/s1. The molecule has 0 unspecified atom stereocenters. The Kier molecular flexibility index (Phi) is 3.59. The van der Waals surface area contributed by atoms with Gasteiger partial charge < -0.3 is 5.11 Å². The van der Waals surface area contributed by atoms with Gasteiger partial charge in [0.15, 0.2) is 0 Å². The summed E-state index contributed by atoms with van der Waals surface area (Å²) in [6, 6.07) is 6.81. The van der Waals surface area contributed by atoms with E-state index in [0.717, 1.165) is 6.20 Å². The van der Waals surface area contributed by atoms with Crippen molar-refractivity contribution in [1.82, 2.24) is 9.78 Å². The Bertz CT molecular complexity index is 570. The first-order valence-electron chi connectivity index (χ1n) is 5.16. The summed E-state index contributed by atoms with van der Waals surface area (Å²) in [6.45, 7) is 0.133. The number of nitrogens with zero attached hydrogens (tertiary/aromatic N) is 3. The lowest BCUT2D eigenvalue weighted by atomic mass is 10.1. The maximum Gasteiger partial charge on any atom is 0.306 e. The third-order valence-corrected chi connectivity index (χ3v) is 2.66. The molecular formula is C11H10ClN3O3. The maximum atomic E-state index is 10.5. The molecule has 0 saturated heterocycles. The van der Waals surface area contributed by atoms with Gasteiger partial charge in [-0.3, -0.25) is 14.8 Å². The van der Waals surface area contributed by atoms with Gasteiger partial charge in [-0.05, 0) is 17.7 Å². The van der Waals surface area contributed by atoms with Crippen LogP contribution >= 0.6 is 11.6 Å². The molecule has 1 N–H and O–H groups in total. The monoisotopic (exact) mass is 267 g/mol. The fraction of sp³-hybridized carbons (Fsp3) is 0.182. The molecule has 0 amide bonds. The third-order valence-electron chi connectivity index (χ3n) is 2.42. The molecule has 0 bridgehead atoms. The highest BCUT2D eigenvalue weighted by atomic mass is 35.5. The molecule has 94 valence electrons. The van der Waals surface area contributed by atoms with E-state index < -0.39 is 11.0 Å². The predicted molar refractivity (Wildman–Crippen MR) is 65.3 cm³/mol. The largest absolute Gasteiger partial charge is 0.386 e. The van der Waals surface area contributed by atoms with Crippen LogP contribution in [0.2, 0.25) is 5.02 Å². The second-order valence-corrected chi connectivity index (χ2v) is 4.18. The zero-order valence-electron chi connectivity index (χ0n) is 9.23. The van der Waals surface area contributed by atoms with Crippen molar-refractivity contribution in [2.75, 3.05) is 0 Å². The number of hydrogen-bond acceptors (Lipinski definition) is 4. The Morgan fingerprint density at radius 3 is 2.94 bits per heavy atom. The van der Waals surface area contributed by atoms with Crippen molar-refractivity contribution in [2.45, 2.75) is 12.6 Å². The molecule has 0 saturated carbocycles. The van der Waals surface area contributed by atoms with Gasteiger partial charge in [0.05, 0.1) is 17.6 Å². The van der Waals surface area contributed by atoms with Crippen LogP contribution < -0.4 is 0 Å². The number of aliphatic hydroxyl groups excluding tert-OH is 1. The average Bonchev–Trinajstić information content (AvgIpc) is 2.77. The van der Waals surface area contributed by atoms with Crippen LogP contribution in [0.4, 0.5) is 5.69 Å². The molecule has 1 heterocycles. The van der Waals surface area contributed by atoms with Crippen molar-refractivity contribution in [3.8, 4) is 0 Å². The molecule has 0 aliphatic rings. The van der Waals surface area contributed by atoms with Crippen LogP contribution in [0.1, 0.15) is 11.7 Å². The number of benzene rings is 1. The minimum atomic E-state index is -0.816. The van der Waals surface area contributed by atoms with Gasteiger partial charge in [-0.2, -0.15) is 5.10 Å². The first-order chi connectivity index (χ1) is 8.56. The summed E-state index contributed by atoms with van der Waals surface area (Å²) in [6.07, 6.45) is 1.60. The van der Waals surface area contributed by atoms with E-state index in [1.165, 1.54) is 10.9 Å². The van der Waals surface area contributed by atoms with Gasteiger partial charge in [-0.1, -0.05) is 23.7 Å². The predicted octanol–water partition coefficient (Wildman–Crippen LogP) is 2.18. The van der Waals surface area contributed by atoms with Gasteiger partial charge in [0, 0.05) is 5.02 Å². The van der Waals surface area contributed by atoms with Gasteiger partial charge in [-0.25, -0.2) is 0 Å². The van der Waals surface area contributed by atoms with Crippen molar-refractivity contribution in [1.29, 1.82) is 0 Å². The van der Waals surface area contributed by atoms with Crippen LogP contribution in [0, 0.1) is 10.1 Å². The number of nitro groups is 1. The van der Waals surface area contributed by atoms with Gasteiger partial charge in [0.1, 0.15) is 12.4 Å². The van der Waals surface area contributed by atoms with E-state index in [4.69, 9.17) is 11.6 Å². The maximum absolute atomic E-state index is 10.5. The van der Waals surface area contributed by atoms with Crippen molar-refractivity contribution < 1.29 is 10.0 Å². The van der Waals surface area contributed by atoms with Crippen molar-refractivity contribution in [3.05, 3.63) is 57.4 Å². The Morgan fingerprint density at radius 1 is 1.56 bits per heavy atom. The topological polar surface area (TPSA) is 81.2 Å². The fourth-order valence-corrected chi connectivity index (χ4v) is 1.74. The molecule has 0 spiro atoms. The Morgan fingerprint density at radius 2 is 2.33 bits per heavy atom. The molecule has 7 heteroatoms.